The van der Waals surface area contributed by atoms with Gasteiger partial charge in [0, 0.05) is 23.7 Å². The monoisotopic (exact) mass is 320 g/mol. The molecular formula is C16H14ClFN2O2. The van der Waals surface area contributed by atoms with Crippen molar-refractivity contribution in [2.45, 2.75) is 0 Å². The van der Waals surface area contributed by atoms with Gasteiger partial charge in [-0.1, -0.05) is 29.8 Å². The molecule has 2 amide bonds. The van der Waals surface area contributed by atoms with Gasteiger partial charge in [-0.05, 0) is 30.3 Å². The molecule has 0 unspecified atom stereocenters. The topological polar surface area (TPSA) is 58.2 Å². The molecule has 0 fully saturated rings. The molecule has 2 aromatic rings. The van der Waals surface area contributed by atoms with E-state index in [1.807, 2.05) is 0 Å². The second kappa shape index (κ2) is 7.56. The molecule has 114 valence electrons. The van der Waals surface area contributed by atoms with Crippen LogP contribution in [0.1, 0.15) is 20.7 Å². The molecule has 6 heteroatoms. The van der Waals surface area contributed by atoms with Crippen LogP contribution < -0.4 is 10.6 Å². The first-order chi connectivity index (χ1) is 10.6. The van der Waals surface area contributed by atoms with Crippen molar-refractivity contribution in [2.24, 2.45) is 0 Å². The predicted octanol–water partition coefficient (Wildman–Crippen LogP) is 2.64. The summed E-state index contributed by atoms with van der Waals surface area (Å²) in [7, 11) is 0. The molecule has 0 saturated carbocycles. The minimum Gasteiger partial charge on any atom is -0.350 e. The molecular weight excluding hydrogens is 307 g/mol. The van der Waals surface area contributed by atoms with Gasteiger partial charge in [0.2, 0.25) is 0 Å². The maximum atomic E-state index is 13.4. The van der Waals surface area contributed by atoms with E-state index in [-0.39, 0.29) is 24.6 Å². The maximum Gasteiger partial charge on any atom is 0.254 e. The highest BCUT2D eigenvalue weighted by Gasteiger charge is 2.10. The molecule has 0 bridgehead atoms. The SMILES string of the molecule is O=C(NCCNC(=O)c1ccccc1F)c1cccc(Cl)c1. The van der Waals surface area contributed by atoms with Crippen molar-refractivity contribution in [2.75, 3.05) is 13.1 Å². The average Bonchev–Trinajstić information content (AvgIpc) is 2.51. The van der Waals surface area contributed by atoms with Crippen LogP contribution in [0.15, 0.2) is 48.5 Å². The fourth-order valence-electron chi connectivity index (χ4n) is 1.82. The number of carbonyl (C=O) groups is 2. The van der Waals surface area contributed by atoms with Gasteiger partial charge in [-0.15, -0.1) is 0 Å². The first-order valence-electron chi connectivity index (χ1n) is 6.64. The fourth-order valence-corrected chi connectivity index (χ4v) is 2.01. The van der Waals surface area contributed by atoms with E-state index in [9.17, 15) is 14.0 Å². The maximum absolute atomic E-state index is 13.4. The largest absolute Gasteiger partial charge is 0.350 e. The molecule has 0 aliphatic carbocycles. The third kappa shape index (κ3) is 4.30. The molecule has 0 spiro atoms. The zero-order chi connectivity index (χ0) is 15.9. The summed E-state index contributed by atoms with van der Waals surface area (Å²) in [5.41, 5.74) is 0.414. The Balaban J connectivity index is 1.79. The Hall–Kier alpha value is -2.40. The minimum atomic E-state index is -0.581. The van der Waals surface area contributed by atoms with Crippen molar-refractivity contribution in [1.29, 1.82) is 0 Å². The number of nitrogens with one attached hydrogen (secondary N) is 2. The molecule has 2 N–H and O–H groups in total. The summed E-state index contributed by atoms with van der Waals surface area (Å²) in [6.45, 7) is 0.422. The Bertz CT molecular complexity index is 691. The average molecular weight is 321 g/mol. The first kappa shape index (κ1) is 16.0. The van der Waals surface area contributed by atoms with Crippen LogP contribution in [0, 0.1) is 5.82 Å². The standard InChI is InChI=1S/C16H14ClFN2O2/c17-12-5-3-4-11(10-12)15(21)19-8-9-20-16(22)13-6-1-2-7-14(13)18/h1-7,10H,8-9H2,(H,19,21)(H,20,22). The van der Waals surface area contributed by atoms with Gasteiger partial charge < -0.3 is 10.6 Å². The lowest BCUT2D eigenvalue weighted by atomic mass is 10.2. The Morgan fingerprint density at radius 2 is 1.64 bits per heavy atom. The second-order valence-electron chi connectivity index (χ2n) is 4.50. The van der Waals surface area contributed by atoms with E-state index < -0.39 is 11.7 Å². The van der Waals surface area contributed by atoms with Gasteiger partial charge in [0.15, 0.2) is 0 Å². The van der Waals surface area contributed by atoms with Crippen molar-refractivity contribution in [3.05, 3.63) is 70.5 Å². The van der Waals surface area contributed by atoms with E-state index in [1.54, 1.807) is 30.3 Å². The van der Waals surface area contributed by atoms with Crippen LogP contribution in [-0.4, -0.2) is 24.9 Å². The van der Waals surface area contributed by atoms with E-state index in [4.69, 9.17) is 11.6 Å². The molecule has 0 aliphatic heterocycles. The quantitative estimate of drug-likeness (QED) is 0.832. The van der Waals surface area contributed by atoms with Crippen LogP contribution in [0.5, 0.6) is 0 Å². The Morgan fingerprint density at radius 3 is 2.32 bits per heavy atom. The second-order valence-corrected chi connectivity index (χ2v) is 4.94. The zero-order valence-electron chi connectivity index (χ0n) is 11.6. The summed E-state index contributed by atoms with van der Waals surface area (Å²) >= 11 is 5.80. The van der Waals surface area contributed by atoms with E-state index in [0.717, 1.165) is 0 Å². The molecule has 0 radical (unpaired) electrons. The lowest BCUT2D eigenvalue weighted by molar-refractivity contribution is 0.0925. The van der Waals surface area contributed by atoms with Crippen molar-refractivity contribution >= 4 is 23.4 Å². The molecule has 2 aromatic carbocycles. The van der Waals surface area contributed by atoms with E-state index in [2.05, 4.69) is 10.6 Å². The lowest BCUT2D eigenvalue weighted by Crippen LogP contribution is -2.35. The van der Waals surface area contributed by atoms with Gasteiger partial charge in [-0.2, -0.15) is 0 Å². The van der Waals surface area contributed by atoms with Gasteiger partial charge in [0.25, 0.3) is 11.8 Å². The third-order valence-corrected chi connectivity index (χ3v) is 3.14. The van der Waals surface area contributed by atoms with Crippen LogP contribution in [0.25, 0.3) is 0 Å². The number of carbonyl (C=O) groups excluding carboxylic acids is 2. The highest BCUT2D eigenvalue weighted by molar-refractivity contribution is 6.30. The number of rotatable bonds is 5. The molecule has 4 nitrogen and oxygen atoms in total. The molecule has 2 rings (SSSR count). The fraction of sp³-hybridized carbons (Fsp3) is 0.125. The Labute approximate surface area is 132 Å². The summed E-state index contributed by atoms with van der Waals surface area (Å²) in [6.07, 6.45) is 0. The number of amides is 2. The summed E-state index contributed by atoms with van der Waals surface area (Å²) < 4.78 is 13.4. The number of hydrogen-bond acceptors (Lipinski definition) is 2. The normalized spacial score (nSPS) is 10.1. The highest BCUT2D eigenvalue weighted by atomic mass is 35.5. The van der Waals surface area contributed by atoms with Crippen molar-refractivity contribution in [3.8, 4) is 0 Å². The predicted molar refractivity (Wildman–Crippen MR) is 82.5 cm³/mol. The number of hydrogen-bond donors (Lipinski definition) is 2. The van der Waals surface area contributed by atoms with Gasteiger partial charge in [0.1, 0.15) is 5.82 Å². The van der Waals surface area contributed by atoms with Crippen molar-refractivity contribution in [1.82, 2.24) is 10.6 Å². The van der Waals surface area contributed by atoms with Crippen LogP contribution in [0.2, 0.25) is 5.02 Å². The van der Waals surface area contributed by atoms with Gasteiger partial charge in [-0.25, -0.2) is 4.39 Å². The number of benzene rings is 2. The molecule has 0 heterocycles. The number of halogens is 2. The molecule has 0 aromatic heterocycles. The van der Waals surface area contributed by atoms with Crippen LogP contribution in [0.4, 0.5) is 4.39 Å². The summed E-state index contributed by atoms with van der Waals surface area (Å²) in [4.78, 5) is 23.6. The minimum absolute atomic E-state index is 0.0244. The first-order valence-corrected chi connectivity index (χ1v) is 7.02. The highest BCUT2D eigenvalue weighted by Crippen LogP contribution is 2.10. The summed E-state index contributed by atoms with van der Waals surface area (Å²) in [6, 6.07) is 12.2. The third-order valence-electron chi connectivity index (χ3n) is 2.90. The van der Waals surface area contributed by atoms with Crippen LogP contribution >= 0.6 is 11.6 Å². The molecule has 22 heavy (non-hydrogen) atoms. The lowest BCUT2D eigenvalue weighted by Gasteiger charge is -2.08. The molecule has 0 saturated heterocycles. The molecule has 0 atom stereocenters. The van der Waals surface area contributed by atoms with Crippen LogP contribution in [0.3, 0.4) is 0 Å². The van der Waals surface area contributed by atoms with Gasteiger partial charge in [-0.3, -0.25) is 9.59 Å². The zero-order valence-corrected chi connectivity index (χ0v) is 12.4. The van der Waals surface area contributed by atoms with Gasteiger partial charge in [0.05, 0.1) is 5.56 Å². The molecule has 0 aliphatic rings. The Morgan fingerprint density at radius 1 is 0.955 bits per heavy atom. The Kier molecular flexibility index (Phi) is 5.49. The van der Waals surface area contributed by atoms with Gasteiger partial charge >= 0.3 is 0 Å². The van der Waals surface area contributed by atoms with E-state index in [0.29, 0.717) is 10.6 Å². The summed E-state index contributed by atoms with van der Waals surface area (Å²) in [5.74, 6) is -1.39. The van der Waals surface area contributed by atoms with Crippen molar-refractivity contribution < 1.29 is 14.0 Å². The smallest absolute Gasteiger partial charge is 0.254 e. The summed E-state index contributed by atoms with van der Waals surface area (Å²) in [5, 5.41) is 5.65. The van der Waals surface area contributed by atoms with Crippen LogP contribution in [-0.2, 0) is 0 Å². The van der Waals surface area contributed by atoms with E-state index in [1.165, 1.54) is 18.2 Å². The van der Waals surface area contributed by atoms with Crippen molar-refractivity contribution in [3.63, 3.8) is 0 Å². The van der Waals surface area contributed by atoms with E-state index >= 15 is 0 Å².